The molecule has 0 aliphatic heterocycles. The van der Waals surface area contributed by atoms with E-state index < -0.39 is 0 Å². The minimum absolute atomic E-state index is 0.467. The summed E-state index contributed by atoms with van der Waals surface area (Å²) >= 11 is 0. The maximum Gasteiger partial charge on any atom is 0.128 e. The molecule has 1 aromatic heterocycles. The zero-order valence-corrected chi connectivity index (χ0v) is 11.5. The molecule has 17 heavy (non-hydrogen) atoms. The molecule has 1 unspecified atom stereocenters. The predicted octanol–water partition coefficient (Wildman–Crippen LogP) is 3.75. The van der Waals surface area contributed by atoms with E-state index in [-0.39, 0.29) is 0 Å². The van der Waals surface area contributed by atoms with Crippen molar-refractivity contribution in [3.63, 3.8) is 0 Å². The number of nitrogens with one attached hydrogen (secondary N) is 2. The number of rotatable bonds is 7. The maximum absolute atomic E-state index is 4.53. The summed E-state index contributed by atoms with van der Waals surface area (Å²) in [6.07, 6.45) is 2.41. The Labute approximate surface area is 105 Å². The van der Waals surface area contributed by atoms with Crippen molar-refractivity contribution in [3.05, 3.63) is 18.2 Å². The fourth-order valence-corrected chi connectivity index (χ4v) is 2.14. The van der Waals surface area contributed by atoms with Gasteiger partial charge >= 0.3 is 0 Å². The fraction of sp³-hybridized carbons (Fsp3) is 0.643. The Morgan fingerprint density at radius 2 is 1.76 bits per heavy atom. The van der Waals surface area contributed by atoms with Crippen LogP contribution in [0, 0.1) is 5.92 Å². The van der Waals surface area contributed by atoms with Gasteiger partial charge in [-0.15, -0.1) is 0 Å². The molecule has 0 aromatic carbocycles. The van der Waals surface area contributed by atoms with E-state index in [2.05, 4.69) is 43.3 Å². The molecular weight excluding hydrogens is 210 g/mol. The van der Waals surface area contributed by atoms with Gasteiger partial charge in [0.05, 0.1) is 0 Å². The van der Waals surface area contributed by atoms with E-state index in [0.717, 1.165) is 18.2 Å². The Hall–Kier alpha value is -1.25. The Kier molecular flexibility index (Phi) is 5.81. The number of aromatic nitrogens is 1. The first-order valence-corrected chi connectivity index (χ1v) is 6.68. The van der Waals surface area contributed by atoms with Crippen LogP contribution >= 0.6 is 0 Å². The molecule has 0 aliphatic rings. The molecule has 1 aromatic rings. The monoisotopic (exact) mass is 235 g/mol. The fourth-order valence-electron chi connectivity index (χ4n) is 2.14. The number of pyridine rings is 1. The summed E-state index contributed by atoms with van der Waals surface area (Å²) in [5, 5.41) is 6.72. The molecule has 0 fully saturated rings. The van der Waals surface area contributed by atoms with Gasteiger partial charge in [0.1, 0.15) is 11.6 Å². The third-order valence-electron chi connectivity index (χ3n) is 3.24. The predicted molar refractivity (Wildman–Crippen MR) is 75.6 cm³/mol. The van der Waals surface area contributed by atoms with Gasteiger partial charge in [-0.1, -0.05) is 32.8 Å². The lowest BCUT2D eigenvalue weighted by Gasteiger charge is -2.23. The van der Waals surface area contributed by atoms with E-state index in [9.17, 15) is 0 Å². The van der Waals surface area contributed by atoms with Crippen LogP contribution in [-0.2, 0) is 0 Å². The van der Waals surface area contributed by atoms with Crippen LogP contribution in [0.15, 0.2) is 18.2 Å². The second kappa shape index (κ2) is 7.15. The third kappa shape index (κ3) is 4.25. The molecule has 0 amide bonds. The molecule has 2 N–H and O–H groups in total. The van der Waals surface area contributed by atoms with Gasteiger partial charge in [-0.25, -0.2) is 4.98 Å². The van der Waals surface area contributed by atoms with Crippen molar-refractivity contribution < 1.29 is 0 Å². The van der Waals surface area contributed by atoms with Crippen LogP contribution < -0.4 is 10.6 Å². The van der Waals surface area contributed by atoms with Crippen LogP contribution in [0.3, 0.4) is 0 Å². The van der Waals surface area contributed by atoms with E-state index in [1.807, 2.05) is 18.2 Å². The summed E-state index contributed by atoms with van der Waals surface area (Å²) in [7, 11) is 0. The molecular formula is C14H25N3. The van der Waals surface area contributed by atoms with E-state index in [1.165, 1.54) is 12.8 Å². The first-order valence-electron chi connectivity index (χ1n) is 6.68. The lowest BCUT2D eigenvalue weighted by atomic mass is 9.95. The summed E-state index contributed by atoms with van der Waals surface area (Å²) in [5.41, 5.74) is 0. The SMILES string of the molecule is CCNc1cccc(NC(C)C(CC)CC)n1. The molecule has 0 saturated heterocycles. The van der Waals surface area contributed by atoms with E-state index in [1.54, 1.807) is 0 Å². The van der Waals surface area contributed by atoms with Gasteiger partial charge in [0.15, 0.2) is 0 Å². The highest BCUT2D eigenvalue weighted by Gasteiger charge is 2.13. The number of hydrogen-bond donors (Lipinski definition) is 2. The number of anilines is 2. The van der Waals surface area contributed by atoms with Gasteiger partial charge in [0.25, 0.3) is 0 Å². The van der Waals surface area contributed by atoms with E-state index in [0.29, 0.717) is 12.0 Å². The lowest BCUT2D eigenvalue weighted by molar-refractivity contribution is 0.437. The summed E-state index contributed by atoms with van der Waals surface area (Å²) in [4.78, 5) is 4.53. The molecule has 0 radical (unpaired) electrons. The summed E-state index contributed by atoms with van der Waals surface area (Å²) in [6.45, 7) is 9.70. The minimum atomic E-state index is 0.467. The molecule has 96 valence electrons. The normalized spacial score (nSPS) is 12.5. The second-order valence-corrected chi connectivity index (χ2v) is 4.45. The smallest absolute Gasteiger partial charge is 0.128 e. The Morgan fingerprint density at radius 1 is 1.12 bits per heavy atom. The van der Waals surface area contributed by atoms with Gasteiger partial charge in [0, 0.05) is 12.6 Å². The average Bonchev–Trinajstić information content (AvgIpc) is 2.31. The van der Waals surface area contributed by atoms with Crippen LogP contribution in [0.1, 0.15) is 40.5 Å². The zero-order valence-electron chi connectivity index (χ0n) is 11.5. The molecule has 1 rings (SSSR count). The number of hydrogen-bond acceptors (Lipinski definition) is 3. The summed E-state index contributed by atoms with van der Waals surface area (Å²) < 4.78 is 0. The molecule has 1 heterocycles. The van der Waals surface area contributed by atoms with Crippen molar-refractivity contribution in [2.75, 3.05) is 17.2 Å². The largest absolute Gasteiger partial charge is 0.370 e. The van der Waals surface area contributed by atoms with Gasteiger partial charge < -0.3 is 10.6 Å². The molecule has 0 aliphatic carbocycles. The van der Waals surface area contributed by atoms with Crippen molar-refractivity contribution in [1.82, 2.24) is 4.98 Å². The van der Waals surface area contributed by atoms with Crippen molar-refractivity contribution in [2.45, 2.75) is 46.6 Å². The average molecular weight is 235 g/mol. The van der Waals surface area contributed by atoms with Gasteiger partial charge in [-0.2, -0.15) is 0 Å². The third-order valence-corrected chi connectivity index (χ3v) is 3.24. The molecule has 0 bridgehead atoms. The summed E-state index contributed by atoms with van der Waals surface area (Å²) in [6, 6.07) is 6.53. The van der Waals surface area contributed by atoms with Crippen molar-refractivity contribution in [1.29, 1.82) is 0 Å². The van der Waals surface area contributed by atoms with E-state index >= 15 is 0 Å². The molecule has 0 saturated carbocycles. The van der Waals surface area contributed by atoms with Gasteiger partial charge in [-0.3, -0.25) is 0 Å². The molecule has 3 nitrogen and oxygen atoms in total. The van der Waals surface area contributed by atoms with Crippen molar-refractivity contribution in [2.24, 2.45) is 5.92 Å². The van der Waals surface area contributed by atoms with Crippen molar-refractivity contribution in [3.8, 4) is 0 Å². The molecule has 3 heteroatoms. The van der Waals surface area contributed by atoms with E-state index in [4.69, 9.17) is 0 Å². The molecule has 0 spiro atoms. The number of nitrogens with zero attached hydrogens (tertiary/aromatic N) is 1. The van der Waals surface area contributed by atoms with Crippen LogP contribution in [0.4, 0.5) is 11.6 Å². The zero-order chi connectivity index (χ0) is 12.7. The van der Waals surface area contributed by atoms with Gasteiger partial charge in [-0.05, 0) is 31.9 Å². The highest BCUT2D eigenvalue weighted by Crippen LogP contribution is 2.17. The quantitative estimate of drug-likeness (QED) is 0.755. The first kappa shape index (κ1) is 13.8. The van der Waals surface area contributed by atoms with Crippen molar-refractivity contribution >= 4 is 11.6 Å². The lowest BCUT2D eigenvalue weighted by Crippen LogP contribution is -2.25. The second-order valence-electron chi connectivity index (χ2n) is 4.45. The Bertz CT molecular complexity index is 321. The highest BCUT2D eigenvalue weighted by molar-refractivity contribution is 5.45. The van der Waals surface area contributed by atoms with Crippen LogP contribution in [0.5, 0.6) is 0 Å². The Balaban J connectivity index is 2.63. The van der Waals surface area contributed by atoms with Gasteiger partial charge in [0.2, 0.25) is 0 Å². The highest BCUT2D eigenvalue weighted by atomic mass is 15.1. The standard InChI is InChI=1S/C14H25N3/c1-5-12(6-2)11(4)16-14-10-8-9-13(17-14)15-7-3/h8-12H,5-7H2,1-4H3,(H2,15,16,17). The summed E-state index contributed by atoms with van der Waals surface area (Å²) in [5.74, 6) is 2.61. The van der Waals surface area contributed by atoms with Crippen LogP contribution in [-0.4, -0.2) is 17.6 Å². The topological polar surface area (TPSA) is 37.0 Å². The van der Waals surface area contributed by atoms with Crippen LogP contribution in [0.25, 0.3) is 0 Å². The minimum Gasteiger partial charge on any atom is -0.370 e. The molecule has 1 atom stereocenters. The maximum atomic E-state index is 4.53. The Morgan fingerprint density at radius 3 is 2.35 bits per heavy atom. The first-order chi connectivity index (χ1) is 8.21. The van der Waals surface area contributed by atoms with Crippen LogP contribution in [0.2, 0.25) is 0 Å².